The van der Waals surface area contributed by atoms with Gasteiger partial charge in [-0.2, -0.15) is 0 Å². The van der Waals surface area contributed by atoms with Crippen LogP contribution in [0.15, 0.2) is 72.8 Å². The van der Waals surface area contributed by atoms with Crippen molar-refractivity contribution in [2.75, 3.05) is 12.4 Å². The Kier molecular flexibility index (Phi) is 7.62. The molecule has 0 saturated carbocycles. The van der Waals surface area contributed by atoms with Crippen molar-refractivity contribution < 1.29 is 9.13 Å². The van der Waals surface area contributed by atoms with Crippen LogP contribution in [0.3, 0.4) is 0 Å². The Morgan fingerprint density at radius 3 is 2.39 bits per heavy atom. The fourth-order valence-corrected chi connectivity index (χ4v) is 2.80. The monoisotopic (exact) mass is 379 g/mol. The minimum Gasteiger partial charge on any atom is -0.494 e. The van der Waals surface area contributed by atoms with Crippen molar-refractivity contribution in [3.8, 4) is 5.75 Å². The quantitative estimate of drug-likeness (QED) is 0.455. The van der Waals surface area contributed by atoms with E-state index >= 15 is 0 Å². The molecule has 0 fully saturated rings. The molecular formula is C25H30FNO. The molecule has 0 aliphatic heterocycles. The van der Waals surface area contributed by atoms with Gasteiger partial charge in [-0.1, -0.05) is 48.9 Å². The maximum absolute atomic E-state index is 13.8. The second-order valence-corrected chi connectivity index (χ2v) is 7.46. The van der Waals surface area contributed by atoms with E-state index in [4.69, 9.17) is 4.74 Å². The van der Waals surface area contributed by atoms with Crippen LogP contribution in [-0.4, -0.2) is 7.11 Å². The first-order valence-electron chi connectivity index (χ1n) is 9.52. The number of nitrogens with one attached hydrogen (secondary N) is 1. The van der Waals surface area contributed by atoms with Crippen LogP contribution in [0, 0.1) is 11.2 Å². The van der Waals surface area contributed by atoms with E-state index in [2.05, 4.69) is 50.9 Å². The lowest BCUT2D eigenvalue weighted by Gasteiger charge is -2.20. The van der Waals surface area contributed by atoms with Gasteiger partial charge in [-0.25, -0.2) is 4.39 Å². The summed E-state index contributed by atoms with van der Waals surface area (Å²) in [6.07, 6.45) is 10.7. The van der Waals surface area contributed by atoms with Crippen molar-refractivity contribution in [1.29, 1.82) is 0 Å². The molecule has 0 aromatic heterocycles. The van der Waals surface area contributed by atoms with E-state index < -0.39 is 0 Å². The van der Waals surface area contributed by atoms with Crippen LogP contribution in [0.25, 0.3) is 6.08 Å². The molecule has 3 heteroatoms. The summed E-state index contributed by atoms with van der Waals surface area (Å²) in [5, 5.41) is 3.20. The van der Waals surface area contributed by atoms with Crippen LogP contribution in [0.1, 0.15) is 39.2 Å². The van der Waals surface area contributed by atoms with Crippen molar-refractivity contribution in [3.63, 3.8) is 0 Å². The molecule has 0 radical (unpaired) electrons. The zero-order valence-electron chi connectivity index (χ0n) is 17.3. The standard InChI is InChI=1S/C25H30FNO/c1-6-25(4,16-7-8-19(2)3)17-15-20-9-11-21(12-10-20)27-22-13-14-24(28-5)23(26)18-22/h6,8-15,17-18,27H,1,7,16H2,2-5H3/b17-15+/t25-/m1/s1. The maximum atomic E-state index is 13.8. The molecule has 0 aliphatic carbocycles. The number of hydrogen-bond donors (Lipinski definition) is 1. The third kappa shape index (κ3) is 6.41. The predicted octanol–water partition coefficient (Wildman–Crippen LogP) is 7.53. The lowest BCUT2D eigenvalue weighted by Crippen LogP contribution is -2.08. The van der Waals surface area contributed by atoms with Crippen molar-refractivity contribution in [2.24, 2.45) is 5.41 Å². The molecule has 1 atom stereocenters. The zero-order valence-corrected chi connectivity index (χ0v) is 17.3. The Balaban J connectivity index is 2.03. The molecule has 0 bridgehead atoms. The van der Waals surface area contributed by atoms with Crippen molar-refractivity contribution in [3.05, 3.63) is 84.2 Å². The van der Waals surface area contributed by atoms with Gasteiger partial charge >= 0.3 is 0 Å². The summed E-state index contributed by atoms with van der Waals surface area (Å²) < 4.78 is 18.8. The third-order valence-electron chi connectivity index (χ3n) is 4.71. The van der Waals surface area contributed by atoms with Gasteiger partial charge in [-0.3, -0.25) is 0 Å². The number of rotatable bonds is 9. The van der Waals surface area contributed by atoms with Gasteiger partial charge in [0.1, 0.15) is 0 Å². The fraction of sp³-hybridized carbons (Fsp3) is 0.280. The largest absolute Gasteiger partial charge is 0.494 e. The second kappa shape index (κ2) is 9.93. The van der Waals surface area contributed by atoms with E-state index in [0.717, 1.165) is 24.1 Å². The highest BCUT2D eigenvalue weighted by Crippen LogP contribution is 2.28. The summed E-state index contributed by atoms with van der Waals surface area (Å²) >= 11 is 0. The van der Waals surface area contributed by atoms with Crippen LogP contribution in [0.4, 0.5) is 15.8 Å². The van der Waals surface area contributed by atoms with E-state index in [1.165, 1.54) is 18.7 Å². The Morgan fingerprint density at radius 2 is 1.82 bits per heavy atom. The molecule has 2 aromatic rings. The lowest BCUT2D eigenvalue weighted by molar-refractivity contribution is 0.386. The van der Waals surface area contributed by atoms with Gasteiger partial charge in [0.15, 0.2) is 11.6 Å². The summed E-state index contributed by atoms with van der Waals surface area (Å²) in [6.45, 7) is 10.4. The van der Waals surface area contributed by atoms with Gasteiger partial charge in [0, 0.05) is 22.9 Å². The zero-order chi connectivity index (χ0) is 20.6. The highest BCUT2D eigenvalue weighted by Gasteiger charge is 2.15. The molecular weight excluding hydrogens is 349 g/mol. The topological polar surface area (TPSA) is 21.3 Å². The van der Waals surface area contributed by atoms with E-state index in [0.29, 0.717) is 5.69 Å². The van der Waals surface area contributed by atoms with Crippen LogP contribution in [-0.2, 0) is 0 Å². The molecule has 0 heterocycles. The third-order valence-corrected chi connectivity index (χ3v) is 4.71. The predicted molar refractivity (Wildman–Crippen MR) is 119 cm³/mol. The average Bonchev–Trinajstić information content (AvgIpc) is 2.67. The Bertz CT molecular complexity index is 847. The number of methoxy groups -OCH3 is 1. The molecule has 0 unspecified atom stereocenters. The first-order chi connectivity index (χ1) is 13.3. The van der Waals surface area contributed by atoms with Crippen LogP contribution in [0.5, 0.6) is 5.75 Å². The first-order valence-corrected chi connectivity index (χ1v) is 9.52. The number of hydrogen-bond acceptors (Lipinski definition) is 2. The molecule has 148 valence electrons. The van der Waals surface area contributed by atoms with Crippen molar-refractivity contribution in [2.45, 2.75) is 33.6 Å². The van der Waals surface area contributed by atoms with Crippen LogP contribution < -0.4 is 10.1 Å². The molecule has 0 saturated heterocycles. The fourth-order valence-electron chi connectivity index (χ4n) is 2.80. The number of anilines is 2. The second-order valence-electron chi connectivity index (χ2n) is 7.46. The number of benzene rings is 2. The number of halogens is 1. The molecule has 0 spiro atoms. The Hall–Kier alpha value is -2.81. The van der Waals surface area contributed by atoms with Gasteiger partial charge in [-0.15, -0.1) is 6.58 Å². The molecule has 2 aromatic carbocycles. The van der Waals surface area contributed by atoms with E-state index in [9.17, 15) is 4.39 Å². The molecule has 2 nitrogen and oxygen atoms in total. The molecule has 2 rings (SSSR count). The summed E-state index contributed by atoms with van der Waals surface area (Å²) in [6, 6.07) is 12.9. The lowest BCUT2D eigenvalue weighted by atomic mass is 9.84. The Morgan fingerprint density at radius 1 is 1.14 bits per heavy atom. The van der Waals surface area contributed by atoms with Gasteiger partial charge < -0.3 is 10.1 Å². The van der Waals surface area contributed by atoms with E-state index in [1.54, 1.807) is 12.1 Å². The van der Waals surface area contributed by atoms with Gasteiger partial charge in [0.05, 0.1) is 7.11 Å². The normalized spacial score (nSPS) is 13.0. The van der Waals surface area contributed by atoms with Gasteiger partial charge in [0.2, 0.25) is 0 Å². The average molecular weight is 380 g/mol. The van der Waals surface area contributed by atoms with E-state index in [-0.39, 0.29) is 17.0 Å². The van der Waals surface area contributed by atoms with Crippen LogP contribution in [0.2, 0.25) is 0 Å². The first kappa shape index (κ1) is 21.5. The van der Waals surface area contributed by atoms with Crippen molar-refractivity contribution in [1.82, 2.24) is 0 Å². The number of ether oxygens (including phenoxy) is 1. The molecule has 1 N–H and O–H groups in total. The van der Waals surface area contributed by atoms with Gasteiger partial charge in [0.25, 0.3) is 0 Å². The summed E-state index contributed by atoms with van der Waals surface area (Å²) in [5.74, 6) is -0.148. The molecule has 0 amide bonds. The van der Waals surface area contributed by atoms with Gasteiger partial charge in [-0.05, 0) is 56.5 Å². The molecule has 0 aliphatic rings. The molecule has 28 heavy (non-hydrogen) atoms. The summed E-state index contributed by atoms with van der Waals surface area (Å²) in [4.78, 5) is 0. The minimum atomic E-state index is -0.385. The number of allylic oxidation sites excluding steroid dienone is 4. The Labute approximate surface area is 168 Å². The highest BCUT2D eigenvalue weighted by molar-refractivity contribution is 5.63. The van der Waals surface area contributed by atoms with Crippen LogP contribution >= 0.6 is 0 Å². The van der Waals surface area contributed by atoms with E-state index in [1.807, 2.05) is 30.3 Å². The smallest absolute Gasteiger partial charge is 0.167 e. The SMILES string of the molecule is C=C[C@@](C)(/C=C/c1ccc(Nc2ccc(OC)c(F)c2)cc1)CCC=C(C)C. The maximum Gasteiger partial charge on any atom is 0.167 e. The summed E-state index contributed by atoms with van der Waals surface area (Å²) in [5.41, 5.74) is 4.00. The minimum absolute atomic E-state index is 0.0382. The summed E-state index contributed by atoms with van der Waals surface area (Å²) in [7, 11) is 1.46. The van der Waals surface area contributed by atoms with Crippen molar-refractivity contribution >= 4 is 17.5 Å². The highest BCUT2D eigenvalue weighted by atomic mass is 19.1.